The predicted molar refractivity (Wildman–Crippen MR) is 126 cm³/mol. The minimum atomic E-state index is -3.87. The molecule has 1 aliphatic heterocycles. The second-order valence-corrected chi connectivity index (χ2v) is 10.1. The van der Waals surface area contributed by atoms with E-state index in [2.05, 4.69) is 4.98 Å². The summed E-state index contributed by atoms with van der Waals surface area (Å²) in [7, 11) is -2.22. The van der Waals surface area contributed by atoms with Crippen LogP contribution in [0.3, 0.4) is 0 Å². The van der Waals surface area contributed by atoms with Gasteiger partial charge in [0.15, 0.2) is 5.79 Å². The second-order valence-electron chi connectivity index (χ2n) is 8.45. The van der Waals surface area contributed by atoms with Gasteiger partial charge in [-0.2, -0.15) is 8.42 Å². The van der Waals surface area contributed by atoms with E-state index >= 15 is 0 Å². The van der Waals surface area contributed by atoms with Gasteiger partial charge >= 0.3 is 0 Å². The number of aryl methyl sites for hydroxylation is 2. The number of benzene rings is 2. The molecule has 9 heteroatoms. The molecule has 2 aromatic carbocycles. The number of nitrogens with zero attached hydrogens (tertiary/aromatic N) is 2. The van der Waals surface area contributed by atoms with Crippen LogP contribution in [0.5, 0.6) is 5.75 Å². The minimum Gasteiger partial charge on any atom is -0.497 e. The van der Waals surface area contributed by atoms with E-state index in [1.54, 1.807) is 43.9 Å². The van der Waals surface area contributed by atoms with E-state index in [0.29, 0.717) is 13.0 Å². The van der Waals surface area contributed by atoms with Crippen LogP contribution in [0.4, 0.5) is 0 Å². The zero-order valence-electron chi connectivity index (χ0n) is 19.4. The highest BCUT2D eigenvalue weighted by Gasteiger charge is 2.42. The lowest BCUT2D eigenvalue weighted by atomic mass is 10.0. The summed E-state index contributed by atoms with van der Waals surface area (Å²) in [5.74, 6) is -0.0549. The normalized spacial score (nSPS) is 20.5. The number of aromatic nitrogens is 2. The van der Waals surface area contributed by atoms with Gasteiger partial charge < -0.3 is 18.8 Å². The van der Waals surface area contributed by atoms with Crippen molar-refractivity contribution < 1.29 is 26.8 Å². The quantitative estimate of drug-likeness (QED) is 0.382. The first kappa shape index (κ1) is 24.4. The van der Waals surface area contributed by atoms with Crippen molar-refractivity contribution >= 4 is 10.1 Å². The molecule has 0 spiro atoms. The molecule has 182 valence electrons. The third-order valence-corrected chi connectivity index (χ3v) is 7.09. The Bertz CT molecular complexity index is 1150. The highest BCUT2D eigenvalue weighted by Crippen LogP contribution is 2.32. The topological polar surface area (TPSA) is 88.9 Å². The Morgan fingerprint density at radius 3 is 2.59 bits per heavy atom. The Balaban J connectivity index is 1.37. The monoisotopic (exact) mass is 486 g/mol. The van der Waals surface area contributed by atoms with Crippen molar-refractivity contribution in [3.8, 4) is 5.75 Å². The molecule has 2 heterocycles. The van der Waals surface area contributed by atoms with Crippen LogP contribution in [-0.4, -0.2) is 50.2 Å². The van der Waals surface area contributed by atoms with Crippen molar-refractivity contribution in [1.29, 1.82) is 0 Å². The van der Waals surface area contributed by atoms with Crippen molar-refractivity contribution in [3.05, 3.63) is 78.4 Å². The Morgan fingerprint density at radius 1 is 1.15 bits per heavy atom. The molecule has 8 nitrogen and oxygen atoms in total. The summed E-state index contributed by atoms with van der Waals surface area (Å²) >= 11 is 0. The molecule has 3 aromatic rings. The molecule has 0 saturated carbocycles. The highest BCUT2D eigenvalue weighted by atomic mass is 32.2. The van der Waals surface area contributed by atoms with E-state index in [0.717, 1.165) is 24.2 Å². The first-order valence-corrected chi connectivity index (χ1v) is 12.6. The molecule has 0 unspecified atom stereocenters. The molecule has 0 bridgehead atoms. The maximum atomic E-state index is 12.6. The average molecular weight is 487 g/mol. The smallest absolute Gasteiger partial charge is 0.297 e. The van der Waals surface area contributed by atoms with Crippen LogP contribution in [0.1, 0.15) is 24.0 Å². The molecule has 0 radical (unpaired) electrons. The van der Waals surface area contributed by atoms with Crippen LogP contribution >= 0.6 is 0 Å². The van der Waals surface area contributed by atoms with Gasteiger partial charge in [-0.3, -0.25) is 4.18 Å². The fourth-order valence-corrected chi connectivity index (χ4v) is 4.88. The second kappa shape index (κ2) is 10.7. The summed E-state index contributed by atoms with van der Waals surface area (Å²) in [6, 6.07) is 14.5. The molecule has 1 fully saturated rings. The van der Waals surface area contributed by atoms with Crippen molar-refractivity contribution in [3.63, 3.8) is 0 Å². The number of methoxy groups -OCH3 is 1. The van der Waals surface area contributed by atoms with Crippen LogP contribution in [-0.2, 0) is 36.7 Å². The Morgan fingerprint density at radius 2 is 1.91 bits per heavy atom. The summed E-state index contributed by atoms with van der Waals surface area (Å²) in [6.07, 6.45) is 7.09. The first-order chi connectivity index (χ1) is 16.4. The third-order valence-electron chi connectivity index (χ3n) is 5.80. The van der Waals surface area contributed by atoms with Gasteiger partial charge in [0.1, 0.15) is 11.9 Å². The lowest BCUT2D eigenvalue weighted by Gasteiger charge is -2.28. The molecule has 4 rings (SSSR count). The minimum absolute atomic E-state index is 0.111. The van der Waals surface area contributed by atoms with Gasteiger partial charge in [-0.25, -0.2) is 4.98 Å². The average Bonchev–Trinajstić information content (AvgIpc) is 3.49. The number of hydrogen-bond acceptors (Lipinski definition) is 7. The summed E-state index contributed by atoms with van der Waals surface area (Å²) in [5.41, 5.74) is 2.17. The Hall–Kier alpha value is -2.72. The number of hydrogen-bond donors (Lipinski definition) is 0. The zero-order chi connectivity index (χ0) is 24.0. The van der Waals surface area contributed by atoms with E-state index in [9.17, 15) is 8.42 Å². The van der Waals surface area contributed by atoms with Gasteiger partial charge in [-0.1, -0.05) is 29.8 Å². The summed E-state index contributed by atoms with van der Waals surface area (Å²) in [4.78, 5) is 4.23. The van der Waals surface area contributed by atoms with Crippen molar-refractivity contribution in [1.82, 2.24) is 9.55 Å². The molecule has 0 N–H and O–H groups in total. The molecule has 1 aromatic heterocycles. The molecule has 34 heavy (non-hydrogen) atoms. The SMILES string of the molecule is COc1ccc(CCC[C@]2(Cn3ccnc3)OC[C@@H](COS(=O)(=O)c3ccc(C)cc3)O2)cc1. The van der Waals surface area contributed by atoms with E-state index in [4.69, 9.17) is 18.4 Å². The van der Waals surface area contributed by atoms with Crippen LogP contribution < -0.4 is 4.74 Å². The van der Waals surface area contributed by atoms with E-state index in [-0.39, 0.29) is 18.1 Å². The van der Waals surface area contributed by atoms with Crippen molar-refractivity contribution in [2.75, 3.05) is 20.3 Å². The molecule has 0 amide bonds. The number of rotatable bonds is 11. The van der Waals surface area contributed by atoms with Crippen molar-refractivity contribution in [2.24, 2.45) is 0 Å². The third kappa shape index (κ3) is 6.24. The van der Waals surface area contributed by atoms with Crippen LogP contribution in [0, 0.1) is 6.92 Å². The highest BCUT2D eigenvalue weighted by molar-refractivity contribution is 7.86. The fourth-order valence-electron chi connectivity index (χ4n) is 3.94. The van der Waals surface area contributed by atoms with Crippen LogP contribution in [0.25, 0.3) is 0 Å². The summed E-state index contributed by atoms with van der Waals surface area (Å²) < 4.78 is 49.9. The Kier molecular flexibility index (Phi) is 7.67. The first-order valence-electron chi connectivity index (χ1n) is 11.2. The van der Waals surface area contributed by atoms with E-state index in [1.165, 1.54) is 5.56 Å². The van der Waals surface area contributed by atoms with Crippen molar-refractivity contribution in [2.45, 2.75) is 49.5 Å². The van der Waals surface area contributed by atoms with Gasteiger partial charge in [0.2, 0.25) is 0 Å². The molecule has 2 atom stereocenters. The van der Waals surface area contributed by atoms with Gasteiger partial charge in [0.25, 0.3) is 10.1 Å². The molecule has 0 aliphatic carbocycles. The van der Waals surface area contributed by atoms with Gasteiger partial charge in [0, 0.05) is 18.8 Å². The fraction of sp³-hybridized carbons (Fsp3) is 0.400. The molecular weight excluding hydrogens is 456 g/mol. The van der Waals surface area contributed by atoms with Gasteiger partial charge in [-0.15, -0.1) is 0 Å². The van der Waals surface area contributed by atoms with E-state index in [1.807, 2.05) is 42.0 Å². The predicted octanol–water partition coefficient (Wildman–Crippen LogP) is 3.74. The maximum Gasteiger partial charge on any atom is 0.297 e. The number of ether oxygens (including phenoxy) is 3. The molecule has 1 aliphatic rings. The lowest BCUT2D eigenvalue weighted by Crippen LogP contribution is -2.37. The molecular formula is C25H30N2O6S. The van der Waals surface area contributed by atoms with Gasteiger partial charge in [0.05, 0.1) is 38.1 Å². The standard InChI is InChI=1S/C25H30N2O6S/c1-20-5-11-24(12-6-20)34(28,29)32-17-23-16-31-25(33-23,18-27-15-14-26-19-27)13-3-4-21-7-9-22(30-2)10-8-21/h5-12,14-15,19,23H,3-4,13,16-18H2,1-2H3/t23-,25-/m0/s1. The van der Waals surface area contributed by atoms with Crippen LogP contribution in [0.15, 0.2) is 72.1 Å². The lowest BCUT2D eigenvalue weighted by molar-refractivity contribution is -0.185. The van der Waals surface area contributed by atoms with Crippen LogP contribution in [0.2, 0.25) is 0 Å². The van der Waals surface area contributed by atoms with E-state index < -0.39 is 22.0 Å². The Labute approximate surface area is 200 Å². The van der Waals surface area contributed by atoms with Gasteiger partial charge in [-0.05, 0) is 49.6 Å². The zero-order valence-corrected chi connectivity index (χ0v) is 20.2. The summed E-state index contributed by atoms with van der Waals surface area (Å²) in [6.45, 7) is 2.49. The molecule has 1 saturated heterocycles. The number of imidazole rings is 1. The maximum absolute atomic E-state index is 12.6. The largest absolute Gasteiger partial charge is 0.497 e. The summed E-state index contributed by atoms with van der Waals surface area (Å²) in [5, 5.41) is 0.